The van der Waals surface area contributed by atoms with Gasteiger partial charge in [-0.3, -0.25) is 0 Å². The van der Waals surface area contributed by atoms with Gasteiger partial charge >= 0.3 is 0 Å². The first-order valence-electron chi connectivity index (χ1n) is 14.8. The predicted molar refractivity (Wildman–Crippen MR) is 192 cm³/mol. The molecular weight excluding hydrogens is 575 g/mol. The third-order valence-corrected chi connectivity index (χ3v) is 11.1. The van der Waals surface area contributed by atoms with Gasteiger partial charge in [0.1, 0.15) is 11.2 Å². The summed E-state index contributed by atoms with van der Waals surface area (Å²) in [5.74, 6) is 0. The molecule has 10 rings (SSSR count). The summed E-state index contributed by atoms with van der Waals surface area (Å²) < 4.78 is 11.7. The Morgan fingerprint density at radius 2 is 0.886 bits per heavy atom. The maximum absolute atomic E-state index is 6.48. The van der Waals surface area contributed by atoms with Gasteiger partial charge in [0.25, 0.3) is 0 Å². The van der Waals surface area contributed by atoms with Gasteiger partial charge in [0.2, 0.25) is 0 Å². The number of hydrogen-bond acceptors (Lipinski definition) is 4. The molecule has 10 aromatic rings. The van der Waals surface area contributed by atoms with Crippen molar-refractivity contribution >= 4 is 113 Å². The van der Waals surface area contributed by atoms with E-state index in [0.29, 0.717) is 0 Å². The van der Waals surface area contributed by atoms with E-state index >= 15 is 0 Å². The molecule has 0 amide bonds. The number of para-hydroxylation sites is 1. The number of nitrogens with zero attached hydrogens (tertiary/aromatic N) is 1. The number of hydrogen-bond donors (Lipinski definition) is 0. The van der Waals surface area contributed by atoms with Crippen LogP contribution in [0.15, 0.2) is 144 Å². The van der Waals surface area contributed by atoms with Crippen LogP contribution in [-0.4, -0.2) is 0 Å². The van der Waals surface area contributed by atoms with E-state index in [-0.39, 0.29) is 0 Å². The maximum Gasteiger partial charge on any atom is 0.143 e. The summed E-state index contributed by atoms with van der Waals surface area (Å²) in [4.78, 5) is 2.44. The second-order valence-electron chi connectivity index (χ2n) is 11.3. The highest BCUT2D eigenvalue weighted by molar-refractivity contribution is 7.26. The fourth-order valence-electron chi connectivity index (χ4n) is 6.85. The van der Waals surface area contributed by atoms with Gasteiger partial charge in [0.15, 0.2) is 0 Å². The van der Waals surface area contributed by atoms with Gasteiger partial charge in [-0.1, -0.05) is 91.0 Å². The van der Waals surface area contributed by atoms with Gasteiger partial charge in [-0.05, 0) is 48.5 Å². The minimum atomic E-state index is 0.912. The summed E-state index contributed by atoms with van der Waals surface area (Å²) in [7, 11) is 0. The highest BCUT2D eigenvalue weighted by atomic mass is 32.1. The SMILES string of the molecule is c1ccc2c(c1)oc1c3ccccc3c(N(c3ccc4c(c3)sc3ccccc34)c3ccc4c(c3)sc3ccccc34)cc21. The lowest BCUT2D eigenvalue weighted by atomic mass is 10.0. The van der Waals surface area contributed by atoms with Gasteiger partial charge in [-0.2, -0.15) is 0 Å². The number of benzene rings is 7. The zero-order valence-corrected chi connectivity index (χ0v) is 25.1. The van der Waals surface area contributed by atoms with Crippen LogP contribution in [0.4, 0.5) is 17.1 Å². The zero-order valence-electron chi connectivity index (χ0n) is 23.5. The van der Waals surface area contributed by atoms with Gasteiger partial charge in [0.05, 0.1) is 5.69 Å². The number of fused-ring (bicyclic) bond motifs is 11. The standard InChI is InChI=1S/C40H23NOS2/c1-2-13-32-26(9-1)34(23-33-27-10-3-6-14-35(27)42-40(32)33)41(24-17-19-30-28-11-4-7-15-36(28)43-38(30)21-24)25-18-20-31-29-12-5-8-16-37(29)44-39(31)22-25/h1-23H. The lowest BCUT2D eigenvalue weighted by Crippen LogP contribution is -2.10. The minimum Gasteiger partial charge on any atom is -0.455 e. The molecule has 0 aliphatic rings. The van der Waals surface area contributed by atoms with Crippen LogP contribution in [0.2, 0.25) is 0 Å². The maximum atomic E-state index is 6.48. The van der Waals surface area contributed by atoms with E-state index in [2.05, 4.69) is 138 Å². The quantitative estimate of drug-likeness (QED) is 0.201. The van der Waals surface area contributed by atoms with E-state index in [4.69, 9.17) is 4.42 Å². The molecule has 0 aliphatic carbocycles. The fourth-order valence-corrected chi connectivity index (χ4v) is 9.13. The average Bonchev–Trinajstić information content (AvgIpc) is 3.75. The molecule has 206 valence electrons. The van der Waals surface area contributed by atoms with E-state index in [1.54, 1.807) is 0 Å². The summed E-state index contributed by atoms with van der Waals surface area (Å²) >= 11 is 3.72. The molecular formula is C40H23NOS2. The summed E-state index contributed by atoms with van der Waals surface area (Å²) in [6.07, 6.45) is 0. The Labute approximate surface area is 260 Å². The number of furan rings is 1. The van der Waals surface area contributed by atoms with Crippen LogP contribution in [0.1, 0.15) is 0 Å². The zero-order chi connectivity index (χ0) is 28.8. The van der Waals surface area contributed by atoms with Crippen LogP contribution >= 0.6 is 22.7 Å². The van der Waals surface area contributed by atoms with Crippen molar-refractivity contribution in [2.75, 3.05) is 4.90 Å². The van der Waals surface area contributed by atoms with Crippen molar-refractivity contribution in [2.24, 2.45) is 0 Å². The molecule has 0 N–H and O–H groups in total. The fraction of sp³-hybridized carbons (Fsp3) is 0. The summed E-state index contributed by atoms with van der Waals surface area (Å²) in [5, 5.41) is 9.77. The van der Waals surface area contributed by atoms with Gasteiger partial charge in [0, 0.05) is 73.3 Å². The lowest BCUT2D eigenvalue weighted by molar-refractivity contribution is 0.672. The topological polar surface area (TPSA) is 16.4 Å². The van der Waals surface area contributed by atoms with Crippen molar-refractivity contribution in [3.05, 3.63) is 140 Å². The highest BCUT2D eigenvalue weighted by Gasteiger charge is 2.21. The summed E-state index contributed by atoms with van der Waals surface area (Å²) in [6, 6.07) is 50.6. The lowest BCUT2D eigenvalue weighted by Gasteiger charge is -2.27. The van der Waals surface area contributed by atoms with E-state index in [9.17, 15) is 0 Å². The van der Waals surface area contributed by atoms with Crippen LogP contribution in [0.5, 0.6) is 0 Å². The van der Waals surface area contributed by atoms with Crippen LogP contribution in [-0.2, 0) is 0 Å². The molecule has 4 heteroatoms. The molecule has 0 atom stereocenters. The van der Waals surface area contributed by atoms with Crippen LogP contribution in [0.3, 0.4) is 0 Å². The Morgan fingerprint density at radius 1 is 0.386 bits per heavy atom. The normalized spacial score (nSPS) is 12.1. The molecule has 0 bridgehead atoms. The first-order chi connectivity index (χ1) is 21.8. The molecule has 0 fully saturated rings. The van der Waals surface area contributed by atoms with Crippen molar-refractivity contribution in [3.63, 3.8) is 0 Å². The molecule has 3 aromatic heterocycles. The molecule has 0 spiro atoms. The number of thiophene rings is 2. The van der Waals surface area contributed by atoms with E-state index in [1.807, 2.05) is 28.7 Å². The minimum absolute atomic E-state index is 0.912. The highest BCUT2D eigenvalue weighted by Crippen LogP contribution is 2.47. The van der Waals surface area contributed by atoms with Gasteiger partial charge < -0.3 is 9.32 Å². The summed E-state index contributed by atoms with van der Waals surface area (Å²) in [5.41, 5.74) is 5.27. The Hall–Kier alpha value is -5.16. The van der Waals surface area contributed by atoms with Crippen molar-refractivity contribution in [1.82, 2.24) is 0 Å². The molecule has 3 heterocycles. The first-order valence-corrected chi connectivity index (χ1v) is 16.4. The van der Waals surface area contributed by atoms with E-state index in [1.165, 1.54) is 40.3 Å². The average molecular weight is 598 g/mol. The molecule has 0 saturated heterocycles. The van der Waals surface area contributed by atoms with E-state index in [0.717, 1.165) is 49.8 Å². The predicted octanol–water partition coefficient (Wildman–Crippen LogP) is 12.9. The van der Waals surface area contributed by atoms with Crippen molar-refractivity contribution in [1.29, 1.82) is 0 Å². The Bertz CT molecular complexity index is 2630. The second kappa shape index (κ2) is 9.17. The molecule has 2 nitrogen and oxygen atoms in total. The third kappa shape index (κ3) is 3.47. The summed E-state index contributed by atoms with van der Waals surface area (Å²) in [6.45, 7) is 0. The molecule has 0 radical (unpaired) electrons. The Morgan fingerprint density at radius 3 is 1.52 bits per heavy atom. The van der Waals surface area contributed by atoms with Gasteiger partial charge in [-0.25, -0.2) is 0 Å². The molecule has 7 aromatic carbocycles. The first kappa shape index (κ1) is 24.3. The number of rotatable bonds is 3. The van der Waals surface area contributed by atoms with Crippen LogP contribution < -0.4 is 4.90 Å². The second-order valence-corrected chi connectivity index (χ2v) is 13.5. The molecule has 0 saturated carbocycles. The van der Waals surface area contributed by atoms with Crippen LogP contribution in [0.25, 0.3) is 73.1 Å². The largest absolute Gasteiger partial charge is 0.455 e. The smallest absolute Gasteiger partial charge is 0.143 e. The monoisotopic (exact) mass is 597 g/mol. The molecule has 0 unspecified atom stereocenters. The third-order valence-electron chi connectivity index (χ3n) is 8.84. The Kier molecular flexibility index (Phi) is 5.06. The van der Waals surface area contributed by atoms with E-state index < -0.39 is 0 Å². The van der Waals surface area contributed by atoms with Crippen molar-refractivity contribution in [2.45, 2.75) is 0 Å². The van der Waals surface area contributed by atoms with Gasteiger partial charge in [-0.15, -0.1) is 22.7 Å². The Balaban J connectivity index is 1.30. The van der Waals surface area contributed by atoms with Crippen molar-refractivity contribution in [3.8, 4) is 0 Å². The number of anilines is 3. The molecule has 0 aliphatic heterocycles. The van der Waals surface area contributed by atoms with Crippen LogP contribution in [0, 0.1) is 0 Å². The molecule has 44 heavy (non-hydrogen) atoms. The van der Waals surface area contributed by atoms with Crippen molar-refractivity contribution < 1.29 is 4.42 Å².